The molecule has 0 radical (unpaired) electrons. The Balaban J connectivity index is 2.18. The zero-order valence-corrected chi connectivity index (χ0v) is 15.5. The van der Waals surface area contributed by atoms with E-state index in [-0.39, 0.29) is 17.9 Å². The largest absolute Gasteiger partial charge is 0.444 e. The Kier molecular flexibility index (Phi) is 5.36. The van der Waals surface area contributed by atoms with Crippen molar-refractivity contribution in [1.29, 1.82) is 5.26 Å². The van der Waals surface area contributed by atoms with Crippen molar-refractivity contribution in [2.45, 2.75) is 46.3 Å². The van der Waals surface area contributed by atoms with Gasteiger partial charge in [-0.3, -0.25) is 4.79 Å². The minimum Gasteiger partial charge on any atom is -0.444 e. The average Bonchev–Trinajstić information content (AvgIpc) is 2.52. The van der Waals surface area contributed by atoms with E-state index in [1.807, 2.05) is 27.7 Å². The third kappa shape index (κ3) is 4.50. The van der Waals surface area contributed by atoms with Gasteiger partial charge >= 0.3 is 6.09 Å². The van der Waals surface area contributed by atoms with Crippen molar-refractivity contribution in [1.82, 2.24) is 4.90 Å². The molecule has 1 heterocycles. The second-order valence-corrected chi connectivity index (χ2v) is 7.37. The summed E-state index contributed by atoms with van der Waals surface area (Å²) in [4.78, 5) is 27.7. The van der Waals surface area contributed by atoms with Crippen molar-refractivity contribution in [2.75, 3.05) is 24.5 Å². The topological polar surface area (TPSA) is 73.6 Å². The number of benzene rings is 1. The van der Waals surface area contributed by atoms with E-state index in [2.05, 4.69) is 11.0 Å². The number of carbonyl (C=O) groups is 2. The van der Waals surface area contributed by atoms with E-state index in [1.54, 1.807) is 23.1 Å². The molecule has 1 amide bonds. The third-order valence-electron chi connectivity index (χ3n) is 4.12. The Hall–Kier alpha value is -2.55. The molecule has 0 bridgehead atoms. The second kappa shape index (κ2) is 7.14. The van der Waals surface area contributed by atoms with Gasteiger partial charge in [0.15, 0.2) is 5.78 Å². The van der Waals surface area contributed by atoms with Crippen molar-refractivity contribution in [2.24, 2.45) is 0 Å². The van der Waals surface area contributed by atoms with Crippen LogP contribution in [0, 0.1) is 11.3 Å². The van der Waals surface area contributed by atoms with Gasteiger partial charge in [-0.1, -0.05) is 0 Å². The molecule has 1 aliphatic rings. The summed E-state index contributed by atoms with van der Waals surface area (Å²) >= 11 is 0. The lowest BCUT2D eigenvalue weighted by Gasteiger charge is -2.41. The van der Waals surface area contributed by atoms with E-state index in [0.717, 1.165) is 5.69 Å². The molecule has 0 N–H and O–H groups in total. The summed E-state index contributed by atoms with van der Waals surface area (Å²) in [5.74, 6) is -0.0359. The maximum atomic E-state index is 12.3. The molecule has 0 aromatic heterocycles. The van der Waals surface area contributed by atoms with Crippen molar-refractivity contribution in [3.05, 3.63) is 29.3 Å². The van der Waals surface area contributed by atoms with Crippen LogP contribution in [0.15, 0.2) is 18.2 Å². The molecular formula is C19H25N3O3. The number of nitrogens with zero attached hydrogens (tertiary/aromatic N) is 3. The Morgan fingerprint density at radius 3 is 2.48 bits per heavy atom. The molecule has 134 valence electrons. The van der Waals surface area contributed by atoms with Crippen molar-refractivity contribution >= 4 is 17.6 Å². The van der Waals surface area contributed by atoms with E-state index in [9.17, 15) is 14.9 Å². The van der Waals surface area contributed by atoms with Gasteiger partial charge < -0.3 is 14.5 Å². The lowest BCUT2D eigenvalue weighted by atomic mass is 10.0. The van der Waals surface area contributed by atoms with Crippen LogP contribution in [0.5, 0.6) is 0 Å². The Morgan fingerprint density at radius 2 is 1.96 bits per heavy atom. The van der Waals surface area contributed by atoms with Crippen LogP contribution in [-0.2, 0) is 4.74 Å². The molecule has 1 aromatic carbocycles. The fourth-order valence-corrected chi connectivity index (χ4v) is 2.88. The first-order valence-electron chi connectivity index (χ1n) is 8.42. The highest BCUT2D eigenvalue weighted by atomic mass is 16.6. The van der Waals surface area contributed by atoms with E-state index < -0.39 is 5.60 Å². The summed E-state index contributed by atoms with van der Waals surface area (Å²) in [6.45, 7) is 10.7. The van der Waals surface area contributed by atoms with Gasteiger partial charge in [0.1, 0.15) is 11.7 Å². The molecule has 25 heavy (non-hydrogen) atoms. The van der Waals surface area contributed by atoms with Crippen LogP contribution in [0.4, 0.5) is 10.5 Å². The number of ether oxygens (including phenoxy) is 1. The maximum Gasteiger partial charge on any atom is 0.410 e. The van der Waals surface area contributed by atoms with E-state index in [0.29, 0.717) is 30.8 Å². The molecule has 0 saturated carbocycles. The number of ketones is 1. The monoisotopic (exact) mass is 343 g/mol. The second-order valence-electron chi connectivity index (χ2n) is 7.37. The van der Waals surface area contributed by atoms with Crippen LogP contribution < -0.4 is 4.90 Å². The molecule has 6 nitrogen and oxygen atoms in total. The van der Waals surface area contributed by atoms with Crippen molar-refractivity contribution in [3.63, 3.8) is 0 Å². The zero-order valence-electron chi connectivity index (χ0n) is 15.5. The predicted octanol–water partition coefficient (Wildman–Crippen LogP) is 3.21. The molecule has 0 unspecified atom stereocenters. The number of hydrogen-bond donors (Lipinski definition) is 0. The van der Waals surface area contributed by atoms with Gasteiger partial charge in [0.2, 0.25) is 0 Å². The summed E-state index contributed by atoms with van der Waals surface area (Å²) in [5.41, 5.74) is 1.32. The van der Waals surface area contributed by atoms with Gasteiger partial charge in [0.25, 0.3) is 0 Å². The van der Waals surface area contributed by atoms with Crippen LogP contribution in [0.3, 0.4) is 0 Å². The molecule has 6 heteroatoms. The number of hydrogen-bond acceptors (Lipinski definition) is 5. The number of carbonyl (C=O) groups excluding carboxylic acids is 2. The van der Waals surface area contributed by atoms with Crippen molar-refractivity contribution in [3.8, 4) is 6.07 Å². The highest BCUT2D eigenvalue weighted by Crippen LogP contribution is 2.26. The molecule has 2 rings (SSSR count). The first-order valence-corrected chi connectivity index (χ1v) is 8.42. The van der Waals surface area contributed by atoms with Crippen molar-refractivity contribution < 1.29 is 14.3 Å². The standard InChI is InChI=1S/C19H25N3O3/c1-13-12-21(8-9-22(13)18(24)25-19(3,4)5)17-10-15(14(2)23)6-7-16(17)11-20/h6-7,10,13H,8-9,12H2,1-5H3/t13-/m1/s1. The number of Topliss-reactive ketones (excluding diaryl/α,β-unsaturated/α-hetero) is 1. The summed E-state index contributed by atoms with van der Waals surface area (Å²) in [7, 11) is 0. The Morgan fingerprint density at radius 1 is 1.28 bits per heavy atom. The number of amides is 1. The van der Waals surface area contributed by atoms with Gasteiger partial charge in [0.05, 0.1) is 11.3 Å². The normalized spacial score (nSPS) is 17.8. The van der Waals surface area contributed by atoms with Crippen LogP contribution in [0.1, 0.15) is 50.5 Å². The van der Waals surface area contributed by atoms with Gasteiger partial charge in [-0.15, -0.1) is 0 Å². The summed E-state index contributed by atoms with van der Waals surface area (Å²) in [6, 6.07) is 7.23. The van der Waals surface area contributed by atoms with Gasteiger partial charge in [-0.2, -0.15) is 5.26 Å². The van der Waals surface area contributed by atoms with Crippen LogP contribution >= 0.6 is 0 Å². The van der Waals surface area contributed by atoms with E-state index in [1.165, 1.54) is 6.92 Å². The third-order valence-corrected chi connectivity index (χ3v) is 4.12. The lowest BCUT2D eigenvalue weighted by molar-refractivity contribution is 0.0159. The fourth-order valence-electron chi connectivity index (χ4n) is 2.88. The van der Waals surface area contributed by atoms with Gasteiger partial charge in [0, 0.05) is 31.2 Å². The van der Waals surface area contributed by atoms with Crippen LogP contribution in [-0.4, -0.2) is 48.1 Å². The highest BCUT2D eigenvalue weighted by molar-refractivity contribution is 5.95. The average molecular weight is 343 g/mol. The first kappa shape index (κ1) is 18.8. The minimum absolute atomic E-state index is 0.0359. The SMILES string of the molecule is CC(=O)c1ccc(C#N)c(N2CCN(C(=O)OC(C)(C)C)[C@H](C)C2)c1. The molecular weight excluding hydrogens is 318 g/mol. The van der Waals surface area contributed by atoms with E-state index in [4.69, 9.17) is 4.74 Å². The Bertz CT molecular complexity index is 716. The predicted molar refractivity (Wildman–Crippen MR) is 95.8 cm³/mol. The number of piperazine rings is 1. The molecule has 1 fully saturated rings. The van der Waals surface area contributed by atoms with Gasteiger partial charge in [-0.25, -0.2) is 4.79 Å². The quantitative estimate of drug-likeness (QED) is 0.771. The summed E-state index contributed by atoms with van der Waals surface area (Å²) < 4.78 is 5.46. The minimum atomic E-state index is -0.530. The zero-order chi connectivity index (χ0) is 18.8. The number of anilines is 1. The molecule has 1 atom stereocenters. The fraction of sp³-hybridized carbons (Fsp3) is 0.526. The molecule has 0 aliphatic carbocycles. The van der Waals surface area contributed by atoms with Crippen LogP contribution in [0.25, 0.3) is 0 Å². The maximum absolute atomic E-state index is 12.3. The van der Waals surface area contributed by atoms with E-state index >= 15 is 0 Å². The first-order chi connectivity index (χ1) is 11.6. The summed E-state index contributed by atoms with van der Waals surface area (Å²) in [6.07, 6.45) is -0.322. The van der Waals surface area contributed by atoms with Crippen LogP contribution in [0.2, 0.25) is 0 Å². The Labute approximate surface area is 149 Å². The molecule has 1 saturated heterocycles. The summed E-state index contributed by atoms with van der Waals surface area (Å²) in [5, 5.41) is 9.37. The number of rotatable bonds is 2. The smallest absolute Gasteiger partial charge is 0.410 e. The molecule has 0 spiro atoms. The lowest BCUT2D eigenvalue weighted by Crippen LogP contribution is -2.55. The molecule has 1 aromatic rings. The molecule has 1 aliphatic heterocycles. The number of nitriles is 1. The highest BCUT2D eigenvalue weighted by Gasteiger charge is 2.31. The van der Waals surface area contributed by atoms with Gasteiger partial charge in [-0.05, 0) is 52.8 Å².